The van der Waals surface area contributed by atoms with Crippen LogP contribution in [0.2, 0.25) is 5.02 Å². The zero-order chi connectivity index (χ0) is 22.0. The minimum Gasteiger partial charge on any atom is -0.497 e. The Balaban J connectivity index is 1.52. The molecule has 4 rings (SSSR count). The Morgan fingerprint density at radius 3 is 2.58 bits per heavy atom. The third-order valence-electron chi connectivity index (χ3n) is 5.20. The lowest BCUT2D eigenvalue weighted by atomic mass is 10.1. The van der Waals surface area contributed by atoms with E-state index in [0.717, 1.165) is 23.2 Å². The van der Waals surface area contributed by atoms with Crippen molar-refractivity contribution in [3.05, 3.63) is 88.4 Å². The minimum atomic E-state index is -3.70. The number of fused-ring (bicyclic) bond motifs is 1. The van der Waals surface area contributed by atoms with Crippen molar-refractivity contribution < 1.29 is 17.9 Å². The lowest BCUT2D eigenvalue weighted by molar-refractivity contribution is 0.0989. The van der Waals surface area contributed by atoms with Crippen LogP contribution in [0, 0.1) is 0 Å². The summed E-state index contributed by atoms with van der Waals surface area (Å²) in [4.78, 5) is 14.9. The first-order valence-corrected chi connectivity index (χ1v) is 11.6. The summed E-state index contributed by atoms with van der Waals surface area (Å²) in [5.74, 6) is 0.589. The summed E-state index contributed by atoms with van der Waals surface area (Å²) >= 11 is 5.91. The van der Waals surface area contributed by atoms with Crippen molar-refractivity contribution in [3.8, 4) is 5.75 Å². The number of hydrogen-bond acceptors (Lipinski definition) is 4. The van der Waals surface area contributed by atoms with Crippen LogP contribution < -0.4 is 14.4 Å². The van der Waals surface area contributed by atoms with E-state index in [4.69, 9.17) is 16.3 Å². The molecule has 0 aromatic heterocycles. The van der Waals surface area contributed by atoms with Crippen molar-refractivity contribution in [1.29, 1.82) is 0 Å². The maximum Gasteiger partial charge on any atom is 0.258 e. The average Bonchev–Trinajstić information content (AvgIpc) is 3.20. The second-order valence-corrected chi connectivity index (χ2v) is 9.38. The largest absolute Gasteiger partial charge is 0.497 e. The van der Waals surface area contributed by atoms with Gasteiger partial charge in [0, 0.05) is 29.4 Å². The molecular weight excluding hydrogens is 436 g/mol. The number of nitrogens with zero attached hydrogens (tertiary/aromatic N) is 1. The molecule has 6 nitrogen and oxygen atoms in total. The standard InChI is InChI=1S/C23H21ClN2O4S/c1-30-20-9-7-18(8-10-20)23(27)26-12-11-17-6-5-16(13-22(17)26)15-25-31(28,29)21-4-2-3-19(24)14-21/h2-10,13-14,25H,11-12,15H2,1H3. The van der Waals surface area contributed by atoms with Gasteiger partial charge >= 0.3 is 0 Å². The van der Waals surface area contributed by atoms with Gasteiger partial charge in [-0.1, -0.05) is 29.8 Å². The zero-order valence-electron chi connectivity index (χ0n) is 16.8. The van der Waals surface area contributed by atoms with E-state index in [2.05, 4.69) is 4.72 Å². The Kier molecular flexibility index (Phi) is 6.00. The molecule has 1 amide bonds. The molecule has 1 aliphatic heterocycles. The molecule has 0 saturated carbocycles. The molecule has 0 radical (unpaired) electrons. The van der Waals surface area contributed by atoms with E-state index in [1.165, 1.54) is 12.1 Å². The van der Waals surface area contributed by atoms with Crippen molar-refractivity contribution in [2.24, 2.45) is 0 Å². The summed E-state index contributed by atoms with van der Waals surface area (Å²) in [5.41, 5.74) is 3.20. The number of ether oxygens (including phenoxy) is 1. The van der Waals surface area contributed by atoms with Gasteiger partial charge in [-0.3, -0.25) is 4.79 Å². The number of carbonyl (C=O) groups is 1. The van der Waals surface area contributed by atoms with E-state index in [1.54, 1.807) is 48.4 Å². The molecule has 1 heterocycles. The first-order valence-electron chi connectivity index (χ1n) is 9.70. The SMILES string of the molecule is COc1ccc(C(=O)N2CCc3ccc(CNS(=O)(=O)c4cccc(Cl)c4)cc32)cc1. The first kappa shape index (κ1) is 21.4. The number of anilines is 1. The molecule has 160 valence electrons. The van der Waals surface area contributed by atoms with Gasteiger partial charge in [-0.15, -0.1) is 0 Å². The molecule has 0 bridgehead atoms. The van der Waals surface area contributed by atoms with Gasteiger partial charge in [0.25, 0.3) is 5.91 Å². The average molecular weight is 457 g/mol. The number of halogens is 1. The van der Waals surface area contributed by atoms with E-state index in [9.17, 15) is 13.2 Å². The van der Waals surface area contributed by atoms with E-state index in [0.29, 0.717) is 22.9 Å². The molecule has 1 N–H and O–H groups in total. The van der Waals surface area contributed by atoms with Gasteiger partial charge in [0.05, 0.1) is 12.0 Å². The van der Waals surface area contributed by atoms with Crippen molar-refractivity contribution in [2.45, 2.75) is 17.9 Å². The number of rotatable bonds is 6. The quantitative estimate of drug-likeness (QED) is 0.607. The van der Waals surface area contributed by atoms with Gasteiger partial charge < -0.3 is 9.64 Å². The number of sulfonamides is 1. The monoisotopic (exact) mass is 456 g/mol. The number of carbonyl (C=O) groups excluding carboxylic acids is 1. The van der Waals surface area contributed by atoms with Crippen LogP contribution in [0.15, 0.2) is 71.6 Å². The minimum absolute atomic E-state index is 0.0990. The fraction of sp³-hybridized carbons (Fsp3) is 0.174. The Bertz CT molecular complexity index is 1230. The molecule has 0 atom stereocenters. The number of benzene rings is 3. The predicted molar refractivity (Wildman–Crippen MR) is 120 cm³/mol. The molecule has 0 unspecified atom stereocenters. The molecule has 8 heteroatoms. The van der Waals surface area contributed by atoms with Crippen LogP contribution in [0.3, 0.4) is 0 Å². The van der Waals surface area contributed by atoms with Gasteiger partial charge in [-0.25, -0.2) is 13.1 Å². The lowest BCUT2D eigenvalue weighted by Gasteiger charge is -2.18. The maximum atomic E-state index is 13.0. The fourth-order valence-electron chi connectivity index (χ4n) is 3.53. The van der Waals surface area contributed by atoms with Gasteiger partial charge in [0.1, 0.15) is 5.75 Å². The van der Waals surface area contributed by atoms with Crippen LogP contribution >= 0.6 is 11.6 Å². The van der Waals surface area contributed by atoms with Gasteiger partial charge in [-0.2, -0.15) is 0 Å². The molecule has 0 aliphatic carbocycles. The Morgan fingerprint density at radius 2 is 1.87 bits per heavy atom. The highest BCUT2D eigenvalue weighted by atomic mass is 35.5. The van der Waals surface area contributed by atoms with E-state index < -0.39 is 10.0 Å². The molecule has 1 aliphatic rings. The van der Waals surface area contributed by atoms with Crippen LogP contribution in [0.4, 0.5) is 5.69 Å². The van der Waals surface area contributed by atoms with Gasteiger partial charge in [-0.05, 0) is 66.1 Å². The van der Waals surface area contributed by atoms with Crippen molar-refractivity contribution in [3.63, 3.8) is 0 Å². The second-order valence-electron chi connectivity index (χ2n) is 7.18. The molecule has 31 heavy (non-hydrogen) atoms. The third kappa shape index (κ3) is 4.58. The fourth-order valence-corrected chi connectivity index (χ4v) is 4.85. The summed E-state index contributed by atoms with van der Waals surface area (Å²) < 4.78 is 32.9. The Labute approximate surface area is 186 Å². The summed E-state index contributed by atoms with van der Waals surface area (Å²) in [7, 11) is -2.12. The lowest BCUT2D eigenvalue weighted by Crippen LogP contribution is -2.29. The normalized spacial score (nSPS) is 13.2. The predicted octanol–water partition coefficient (Wildman–Crippen LogP) is 4.03. The van der Waals surface area contributed by atoms with Crippen molar-refractivity contribution in [2.75, 3.05) is 18.6 Å². The second kappa shape index (κ2) is 8.70. The maximum absolute atomic E-state index is 13.0. The number of nitrogens with one attached hydrogen (secondary N) is 1. The van der Waals surface area contributed by atoms with Crippen LogP contribution in [0.5, 0.6) is 5.75 Å². The number of amides is 1. The van der Waals surface area contributed by atoms with E-state index >= 15 is 0 Å². The van der Waals surface area contributed by atoms with Crippen molar-refractivity contribution >= 4 is 33.2 Å². The van der Waals surface area contributed by atoms with Crippen LogP contribution in [-0.4, -0.2) is 28.0 Å². The van der Waals surface area contributed by atoms with Crippen LogP contribution in [-0.2, 0) is 23.0 Å². The van der Waals surface area contributed by atoms with Gasteiger partial charge in [0.2, 0.25) is 10.0 Å². The highest BCUT2D eigenvalue weighted by Gasteiger charge is 2.26. The Morgan fingerprint density at radius 1 is 1.10 bits per heavy atom. The molecule has 0 spiro atoms. The van der Waals surface area contributed by atoms with Crippen LogP contribution in [0.25, 0.3) is 0 Å². The number of methoxy groups -OCH3 is 1. The summed E-state index contributed by atoms with van der Waals surface area (Å²) in [5, 5.41) is 0.355. The topological polar surface area (TPSA) is 75.7 Å². The highest BCUT2D eigenvalue weighted by Crippen LogP contribution is 2.31. The zero-order valence-corrected chi connectivity index (χ0v) is 18.4. The first-order chi connectivity index (χ1) is 14.9. The molecular formula is C23H21ClN2O4S. The molecule has 3 aromatic carbocycles. The Hall–Kier alpha value is -2.87. The highest BCUT2D eigenvalue weighted by molar-refractivity contribution is 7.89. The van der Waals surface area contributed by atoms with Crippen molar-refractivity contribution in [1.82, 2.24) is 4.72 Å². The summed E-state index contributed by atoms with van der Waals surface area (Å²) in [6.07, 6.45) is 0.756. The van der Waals surface area contributed by atoms with E-state index in [-0.39, 0.29) is 17.3 Å². The number of hydrogen-bond donors (Lipinski definition) is 1. The molecule has 0 fully saturated rings. The third-order valence-corrected chi connectivity index (χ3v) is 6.83. The molecule has 3 aromatic rings. The molecule has 0 saturated heterocycles. The summed E-state index contributed by atoms with van der Waals surface area (Å²) in [6, 6.07) is 18.8. The summed E-state index contributed by atoms with van der Waals surface area (Å²) in [6.45, 7) is 0.685. The smallest absolute Gasteiger partial charge is 0.258 e. The van der Waals surface area contributed by atoms with Gasteiger partial charge in [0.15, 0.2) is 0 Å². The van der Waals surface area contributed by atoms with E-state index in [1.807, 2.05) is 18.2 Å². The van der Waals surface area contributed by atoms with Crippen LogP contribution in [0.1, 0.15) is 21.5 Å².